The maximum Gasteiger partial charge on any atom is 0.0804 e. The van der Waals surface area contributed by atoms with Crippen molar-refractivity contribution in [2.75, 3.05) is 0 Å². The summed E-state index contributed by atoms with van der Waals surface area (Å²) in [6.45, 7) is 4.89. The van der Waals surface area contributed by atoms with Crippen LogP contribution >= 0.6 is 0 Å². The molecule has 0 amide bonds. The van der Waals surface area contributed by atoms with Crippen LogP contribution in [0.3, 0.4) is 0 Å². The van der Waals surface area contributed by atoms with E-state index < -0.39 is 6.10 Å². The fourth-order valence-electron chi connectivity index (χ4n) is 2.22. The Hall–Kier alpha value is -1.71. The van der Waals surface area contributed by atoms with E-state index in [0.29, 0.717) is 6.42 Å². The van der Waals surface area contributed by atoms with E-state index in [0.717, 1.165) is 17.8 Å². The predicted molar refractivity (Wildman–Crippen MR) is 81.3 cm³/mol. The first-order valence-corrected chi connectivity index (χ1v) is 7.03. The molecule has 0 aliphatic rings. The van der Waals surface area contributed by atoms with Crippen LogP contribution in [-0.2, 0) is 6.54 Å². The minimum Gasteiger partial charge on any atom is -0.388 e. The summed E-state index contributed by atoms with van der Waals surface area (Å²) >= 11 is 0. The van der Waals surface area contributed by atoms with E-state index in [1.54, 1.807) is 6.20 Å². The van der Waals surface area contributed by atoms with Crippen LogP contribution < -0.4 is 5.32 Å². The summed E-state index contributed by atoms with van der Waals surface area (Å²) in [5, 5.41) is 13.6. The Morgan fingerprint density at radius 1 is 1.15 bits per heavy atom. The summed E-state index contributed by atoms with van der Waals surface area (Å²) in [7, 11) is 0. The molecule has 0 saturated heterocycles. The van der Waals surface area contributed by atoms with E-state index in [1.165, 1.54) is 5.56 Å². The smallest absolute Gasteiger partial charge is 0.0804 e. The van der Waals surface area contributed by atoms with Crippen molar-refractivity contribution in [1.29, 1.82) is 0 Å². The zero-order valence-corrected chi connectivity index (χ0v) is 12.1. The lowest BCUT2D eigenvalue weighted by molar-refractivity contribution is 0.154. The number of nitrogens with zero attached hydrogens (tertiary/aromatic N) is 1. The summed E-state index contributed by atoms with van der Waals surface area (Å²) in [6.07, 6.45) is 2.08. The van der Waals surface area contributed by atoms with Crippen LogP contribution in [0.25, 0.3) is 0 Å². The number of aliphatic hydroxyl groups excluding tert-OH is 1. The maximum atomic E-state index is 10.2. The lowest BCUT2D eigenvalue weighted by atomic mass is 10.0. The molecular weight excluding hydrogens is 248 g/mol. The average molecular weight is 270 g/mol. The molecule has 0 bridgehead atoms. The third kappa shape index (κ3) is 4.15. The number of hydrogen-bond acceptors (Lipinski definition) is 3. The van der Waals surface area contributed by atoms with Crippen molar-refractivity contribution in [2.45, 2.75) is 39.0 Å². The van der Waals surface area contributed by atoms with Gasteiger partial charge in [0.25, 0.3) is 0 Å². The maximum absolute atomic E-state index is 10.2. The molecule has 3 heteroatoms. The number of hydrogen-bond donors (Lipinski definition) is 2. The van der Waals surface area contributed by atoms with E-state index in [1.807, 2.05) is 43.3 Å². The van der Waals surface area contributed by atoms with Gasteiger partial charge in [0.1, 0.15) is 0 Å². The van der Waals surface area contributed by atoms with E-state index in [-0.39, 0.29) is 6.04 Å². The Morgan fingerprint density at radius 3 is 2.60 bits per heavy atom. The molecule has 0 radical (unpaired) electrons. The Morgan fingerprint density at radius 2 is 1.90 bits per heavy atom. The molecule has 3 nitrogen and oxygen atoms in total. The molecule has 2 aromatic rings. The number of aliphatic hydroxyl groups is 1. The highest BCUT2D eigenvalue weighted by Crippen LogP contribution is 2.18. The molecule has 2 unspecified atom stereocenters. The van der Waals surface area contributed by atoms with Crippen molar-refractivity contribution >= 4 is 0 Å². The Kier molecular flexibility index (Phi) is 5.27. The highest BCUT2D eigenvalue weighted by molar-refractivity contribution is 5.19. The lowest BCUT2D eigenvalue weighted by Gasteiger charge is -2.18. The van der Waals surface area contributed by atoms with Gasteiger partial charge in [-0.3, -0.25) is 4.98 Å². The molecule has 2 atom stereocenters. The monoisotopic (exact) mass is 270 g/mol. The van der Waals surface area contributed by atoms with Crippen molar-refractivity contribution < 1.29 is 5.11 Å². The molecular formula is C17H22N2O. The third-order valence-electron chi connectivity index (χ3n) is 3.52. The zero-order valence-electron chi connectivity index (χ0n) is 12.1. The highest BCUT2D eigenvalue weighted by Gasteiger charge is 2.12. The topological polar surface area (TPSA) is 45.2 Å². The SMILES string of the molecule is Cc1ncccc1CNC(C)CC(O)c1ccccc1. The summed E-state index contributed by atoms with van der Waals surface area (Å²) in [6, 6.07) is 14.1. The van der Waals surface area contributed by atoms with Crippen molar-refractivity contribution in [1.82, 2.24) is 10.3 Å². The van der Waals surface area contributed by atoms with Crippen LogP contribution in [0, 0.1) is 6.92 Å². The fraction of sp³-hybridized carbons (Fsp3) is 0.353. The molecule has 0 fully saturated rings. The number of aryl methyl sites for hydroxylation is 1. The molecule has 0 aliphatic carbocycles. The molecule has 0 spiro atoms. The molecule has 2 rings (SSSR count). The quantitative estimate of drug-likeness (QED) is 0.848. The van der Waals surface area contributed by atoms with E-state index in [4.69, 9.17) is 0 Å². The summed E-state index contributed by atoms with van der Waals surface area (Å²) in [5.74, 6) is 0. The number of pyridine rings is 1. The molecule has 1 heterocycles. The van der Waals surface area contributed by atoms with Crippen LogP contribution in [-0.4, -0.2) is 16.1 Å². The summed E-state index contributed by atoms with van der Waals surface area (Å²) in [5.41, 5.74) is 3.23. The van der Waals surface area contributed by atoms with Crippen LogP contribution in [0.1, 0.15) is 36.3 Å². The molecule has 0 aliphatic heterocycles. The van der Waals surface area contributed by atoms with Crippen molar-refractivity contribution in [3.63, 3.8) is 0 Å². The molecule has 0 saturated carbocycles. The van der Waals surface area contributed by atoms with Gasteiger partial charge in [0.05, 0.1) is 6.10 Å². The highest BCUT2D eigenvalue weighted by atomic mass is 16.3. The molecule has 1 aromatic heterocycles. The Labute approximate surface area is 120 Å². The minimum atomic E-state index is -0.423. The molecule has 2 N–H and O–H groups in total. The van der Waals surface area contributed by atoms with Crippen LogP contribution in [0.15, 0.2) is 48.7 Å². The average Bonchev–Trinajstić information content (AvgIpc) is 2.47. The number of benzene rings is 1. The van der Waals surface area contributed by atoms with Crippen molar-refractivity contribution in [3.8, 4) is 0 Å². The van der Waals surface area contributed by atoms with Gasteiger partial charge in [-0.1, -0.05) is 36.4 Å². The van der Waals surface area contributed by atoms with Gasteiger partial charge < -0.3 is 10.4 Å². The fourth-order valence-corrected chi connectivity index (χ4v) is 2.22. The van der Waals surface area contributed by atoms with E-state index >= 15 is 0 Å². The largest absolute Gasteiger partial charge is 0.388 e. The van der Waals surface area contributed by atoms with Crippen molar-refractivity contribution in [2.24, 2.45) is 0 Å². The van der Waals surface area contributed by atoms with Gasteiger partial charge in [0.15, 0.2) is 0 Å². The second-order valence-electron chi connectivity index (χ2n) is 5.19. The first-order chi connectivity index (χ1) is 9.66. The van der Waals surface area contributed by atoms with Gasteiger partial charge in [0, 0.05) is 24.5 Å². The molecule has 20 heavy (non-hydrogen) atoms. The van der Waals surface area contributed by atoms with Gasteiger partial charge in [0.2, 0.25) is 0 Å². The van der Waals surface area contributed by atoms with Gasteiger partial charge in [-0.05, 0) is 37.5 Å². The molecule has 106 valence electrons. The lowest BCUT2D eigenvalue weighted by Crippen LogP contribution is -2.27. The number of aromatic nitrogens is 1. The Balaban J connectivity index is 1.84. The second kappa shape index (κ2) is 7.17. The molecule has 1 aromatic carbocycles. The first kappa shape index (κ1) is 14.7. The minimum absolute atomic E-state index is 0.241. The number of rotatable bonds is 6. The summed E-state index contributed by atoms with van der Waals surface area (Å²) < 4.78 is 0. The van der Waals surface area contributed by atoms with Crippen LogP contribution in [0.2, 0.25) is 0 Å². The van der Waals surface area contributed by atoms with Crippen LogP contribution in [0.4, 0.5) is 0 Å². The second-order valence-corrected chi connectivity index (χ2v) is 5.19. The van der Waals surface area contributed by atoms with Crippen molar-refractivity contribution in [3.05, 3.63) is 65.5 Å². The predicted octanol–water partition coefficient (Wildman–Crippen LogP) is 2.99. The summed E-state index contributed by atoms with van der Waals surface area (Å²) in [4.78, 5) is 4.28. The standard InChI is InChI=1S/C17H22N2O/c1-13(11-17(20)15-7-4-3-5-8-15)19-12-16-9-6-10-18-14(16)2/h3-10,13,17,19-20H,11-12H2,1-2H3. The van der Waals surface area contributed by atoms with Gasteiger partial charge >= 0.3 is 0 Å². The van der Waals surface area contributed by atoms with E-state index in [9.17, 15) is 5.11 Å². The van der Waals surface area contributed by atoms with Gasteiger partial charge in [-0.25, -0.2) is 0 Å². The van der Waals surface area contributed by atoms with E-state index in [2.05, 4.69) is 23.3 Å². The van der Waals surface area contributed by atoms with Gasteiger partial charge in [-0.2, -0.15) is 0 Å². The van der Waals surface area contributed by atoms with Crippen LogP contribution in [0.5, 0.6) is 0 Å². The zero-order chi connectivity index (χ0) is 14.4. The first-order valence-electron chi connectivity index (χ1n) is 7.03. The number of nitrogens with one attached hydrogen (secondary N) is 1. The Bertz CT molecular complexity index is 528. The third-order valence-corrected chi connectivity index (χ3v) is 3.52. The normalized spacial score (nSPS) is 13.9. The van der Waals surface area contributed by atoms with Gasteiger partial charge in [-0.15, -0.1) is 0 Å².